The SMILES string of the molecule is Cc1cc(C)nc(CC(Cl)C2CC2)n1. The summed E-state index contributed by atoms with van der Waals surface area (Å²) in [5.74, 6) is 1.61. The largest absolute Gasteiger partial charge is 0.238 e. The molecule has 1 aromatic rings. The Labute approximate surface area is 89.7 Å². The molecule has 2 rings (SSSR count). The van der Waals surface area contributed by atoms with E-state index in [2.05, 4.69) is 9.97 Å². The Kier molecular flexibility index (Phi) is 2.73. The molecule has 1 aliphatic rings. The van der Waals surface area contributed by atoms with Crippen molar-refractivity contribution in [2.75, 3.05) is 0 Å². The Bertz CT molecular complexity index is 314. The van der Waals surface area contributed by atoms with Gasteiger partial charge in [-0.05, 0) is 38.7 Å². The Morgan fingerprint density at radius 3 is 2.43 bits per heavy atom. The van der Waals surface area contributed by atoms with E-state index in [9.17, 15) is 0 Å². The van der Waals surface area contributed by atoms with E-state index in [-0.39, 0.29) is 5.38 Å². The summed E-state index contributed by atoms with van der Waals surface area (Å²) in [6.07, 6.45) is 3.37. The minimum Gasteiger partial charge on any atom is -0.238 e. The molecule has 0 aromatic carbocycles. The molecule has 76 valence electrons. The van der Waals surface area contributed by atoms with Gasteiger partial charge in [0.1, 0.15) is 5.82 Å². The van der Waals surface area contributed by atoms with Crippen LogP contribution in [0.25, 0.3) is 0 Å². The molecule has 1 saturated carbocycles. The van der Waals surface area contributed by atoms with Gasteiger partial charge < -0.3 is 0 Å². The van der Waals surface area contributed by atoms with Crippen molar-refractivity contribution in [2.45, 2.75) is 38.5 Å². The zero-order valence-corrected chi connectivity index (χ0v) is 9.38. The van der Waals surface area contributed by atoms with Crippen LogP contribution in [0.15, 0.2) is 6.07 Å². The third-order valence-corrected chi connectivity index (χ3v) is 3.05. The second kappa shape index (κ2) is 3.85. The van der Waals surface area contributed by atoms with Crippen molar-refractivity contribution in [1.82, 2.24) is 9.97 Å². The van der Waals surface area contributed by atoms with Crippen LogP contribution in [0.5, 0.6) is 0 Å². The van der Waals surface area contributed by atoms with E-state index in [0.717, 1.165) is 23.6 Å². The Hall–Kier alpha value is -0.630. The molecule has 0 bridgehead atoms. The van der Waals surface area contributed by atoms with Crippen LogP contribution in [0.3, 0.4) is 0 Å². The van der Waals surface area contributed by atoms with Crippen LogP contribution in [0.1, 0.15) is 30.1 Å². The van der Waals surface area contributed by atoms with Gasteiger partial charge in [-0.1, -0.05) is 0 Å². The van der Waals surface area contributed by atoms with E-state index in [1.165, 1.54) is 12.8 Å². The van der Waals surface area contributed by atoms with E-state index in [4.69, 9.17) is 11.6 Å². The molecule has 0 radical (unpaired) electrons. The monoisotopic (exact) mass is 210 g/mol. The van der Waals surface area contributed by atoms with Crippen LogP contribution in [-0.2, 0) is 6.42 Å². The third-order valence-electron chi connectivity index (χ3n) is 2.54. The van der Waals surface area contributed by atoms with E-state index >= 15 is 0 Å². The molecule has 0 aliphatic heterocycles. The lowest BCUT2D eigenvalue weighted by molar-refractivity contribution is 0.701. The van der Waals surface area contributed by atoms with Crippen molar-refractivity contribution in [3.8, 4) is 0 Å². The molecule has 0 spiro atoms. The first-order chi connectivity index (χ1) is 6.65. The minimum atomic E-state index is 0.233. The Balaban J connectivity index is 2.07. The zero-order chi connectivity index (χ0) is 10.1. The van der Waals surface area contributed by atoms with Crippen molar-refractivity contribution in [3.63, 3.8) is 0 Å². The van der Waals surface area contributed by atoms with Crippen LogP contribution < -0.4 is 0 Å². The second-order valence-electron chi connectivity index (χ2n) is 4.12. The topological polar surface area (TPSA) is 25.8 Å². The van der Waals surface area contributed by atoms with Crippen molar-refractivity contribution in [1.29, 1.82) is 0 Å². The van der Waals surface area contributed by atoms with Gasteiger partial charge in [0.15, 0.2) is 0 Å². The molecular formula is C11H15ClN2. The highest BCUT2D eigenvalue weighted by molar-refractivity contribution is 6.21. The minimum absolute atomic E-state index is 0.233. The van der Waals surface area contributed by atoms with Crippen molar-refractivity contribution in [2.24, 2.45) is 5.92 Å². The molecule has 1 heterocycles. The number of hydrogen-bond donors (Lipinski definition) is 0. The summed E-state index contributed by atoms with van der Waals surface area (Å²) >= 11 is 6.24. The highest BCUT2D eigenvalue weighted by Gasteiger charge is 2.30. The average molecular weight is 211 g/mol. The summed E-state index contributed by atoms with van der Waals surface area (Å²) in [7, 11) is 0. The first-order valence-corrected chi connectivity index (χ1v) is 5.54. The number of nitrogens with zero attached hydrogens (tertiary/aromatic N) is 2. The molecule has 3 heteroatoms. The van der Waals surface area contributed by atoms with Gasteiger partial charge in [-0.25, -0.2) is 9.97 Å². The molecule has 0 saturated heterocycles. The Morgan fingerprint density at radius 1 is 1.36 bits per heavy atom. The lowest BCUT2D eigenvalue weighted by Crippen LogP contribution is -2.10. The highest BCUT2D eigenvalue weighted by atomic mass is 35.5. The van der Waals surface area contributed by atoms with E-state index in [1.807, 2.05) is 19.9 Å². The molecule has 2 nitrogen and oxygen atoms in total. The fraction of sp³-hybridized carbons (Fsp3) is 0.636. The molecular weight excluding hydrogens is 196 g/mol. The van der Waals surface area contributed by atoms with Gasteiger partial charge >= 0.3 is 0 Å². The maximum Gasteiger partial charge on any atom is 0.130 e. The number of aryl methyl sites for hydroxylation is 2. The highest BCUT2D eigenvalue weighted by Crippen LogP contribution is 2.36. The predicted octanol–water partition coefficient (Wildman–Crippen LogP) is 2.65. The van der Waals surface area contributed by atoms with Crippen LogP contribution in [0, 0.1) is 19.8 Å². The van der Waals surface area contributed by atoms with Gasteiger partial charge in [-0.3, -0.25) is 0 Å². The van der Waals surface area contributed by atoms with Crippen LogP contribution in [0.2, 0.25) is 0 Å². The summed E-state index contributed by atoms with van der Waals surface area (Å²) in [6.45, 7) is 4.00. The number of rotatable bonds is 3. The van der Waals surface area contributed by atoms with Gasteiger partial charge in [0, 0.05) is 23.2 Å². The van der Waals surface area contributed by atoms with Crippen molar-refractivity contribution < 1.29 is 0 Å². The number of hydrogen-bond acceptors (Lipinski definition) is 2. The lowest BCUT2D eigenvalue weighted by atomic mass is 10.2. The smallest absolute Gasteiger partial charge is 0.130 e. The Morgan fingerprint density at radius 2 is 1.93 bits per heavy atom. The fourth-order valence-electron chi connectivity index (χ4n) is 1.69. The quantitative estimate of drug-likeness (QED) is 0.717. The van der Waals surface area contributed by atoms with Gasteiger partial charge in [0.2, 0.25) is 0 Å². The molecule has 1 aliphatic carbocycles. The van der Waals surface area contributed by atoms with E-state index < -0.39 is 0 Å². The lowest BCUT2D eigenvalue weighted by Gasteiger charge is -2.07. The van der Waals surface area contributed by atoms with Crippen LogP contribution >= 0.6 is 11.6 Å². The summed E-state index contributed by atoms with van der Waals surface area (Å²) in [5, 5.41) is 0.233. The standard InChI is InChI=1S/C11H15ClN2/c1-7-5-8(2)14-11(13-7)6-10(12)9-3-4-9/h5,9-10H,3-4,6H2,1-2H3. The zero-order valence-electron chi connectivity index (χ0n) is 8.63. The number of halogens is 1. The molecule has 1 fully saturated rings. The maximum absolute atomic E-state index is 6.24. The van der Waals surface area contributed by atoms with Gasteiger partial charge in [-0.2, -0.15) is 0 Å². The normalized spacial score (nSPS) is 18.2. The molecule has 0 N–H and O–H groups in total. The number of aromatic nitrogens is 2. The molecule has 1 atom stereocenters. The molecule has 0 amide bonds. The third kappa shape index (κ3) is 2.44. The molecule has 1 aromatic heterocycles. The second-order valence-corrected chi connectivity index (χ2v) is 4.69. The summed E-state index contributed by atoms with van der Waals surface area (Å²) in [4.78, 5) is 8.78. The van der Waals surface area contributed by atoms with Crippen molar-refractivity contribution in [3.05, 3.63) is 23.3 Å². The number of alkyl halides is 1. The van der Waals surface area contributed by atoms with Crippen LogP contribution in [0.4, 0.5) is 0 Å². The van der Waals surface area contributed by atoms with Gasteiger partial charge in [-0.15, -0.1) is 11.6 Å². The average Bonchev–Trinajstić information content (AvgIpc) is 2.82. The maximum atomic E-state index is 6.24. The summed E-state index contributed by atoms with van der Waals surface area (Å²) in [5.41, 5.74) is 2.07. The fourth-order valence-corrected chi connectivity index (χ4v) is 2.08. The first-order valence-electron chi connectivity index (χ1n) is 5.10. The first kappa shape index (κ1) is 9.91. The summed E-state index contributed by atoms with van der Waals surface area (Å²) < 4.78 is 0. The predicted molar refractivity (Wildman–Crippen MR) is 57.6 cm³/mol. The van der Waals surface area contributed by atoms with E-state index in [1.54, 1.807) is 0 Å². The van der Waals surface area contributed by atoms with Crippen molar-refractivity contribution >= 4 is 11.6 Å². The molecule has 14 heavy (non-hydrogen) atoms. The van der Waals surface area contributed by atoms with Crippen LogP contribution in [-0.4, -0.2) is 15.3 Å². The van der Waals surface area contributed by atoms with Gasteiger partial charge in [0.05, 0.1) is 0 Å². The summed E-state index contributed by atoms with van der Waals surface area (Å²) in [6, 6.07) is 1.99. The molecule has 1 unspecified atom stereocenters. The van der Waals surface area contributed by atoms with E-state index in [0.29, 0.717) is 5.92 Å². The van der Waals surface area contributed by atoms with Gasteiger partial charge in [0.25, 0.3) is 0 Å².